The summed E-state index contributed by atoms with van der Waals surface area (Å²) in [5.41, 5.74) is -0.182. The number of carbonyl (C=O) groups excluding carboxylic acids is 1. The van der Waals surface area contributed by atoms with Gasteiger partial charge in [0.05, 0.1) is 23.1 Å². The molecule has 108 valence electrons. The first-order valence-corrected chi connectivity index (χ1v) is 6.70. The van der Waals surface area contributed by atoms with E-state index in [0.29, 0.717) is 6.54 Å². The van der Waals surface area contributed by atoms with Crippen LogP contribution < -0.4 is 0 Å². The molecule has 0 aromatic heterocycles. The van der Waals surface area contributed by atoms with Gasteiger partial charge >= 0.3 is 0 Å². The van der Waals surface area contributed by atoms with E-state index in [9.17, 15) is 20.0 Å². The Morgan fingerprint density at radius 2 is 2.30 bits per heavy atom. The monoisotopic (exact) mass is 298 g/mol. The Morgan fingerprint density at radius 1 is 1.60 bits per heavy atom. The van der Waals surface area contributed by atoms with Gasteiger partial charge in [-0.1, -0.05) is 24.6 Å². The lowest BCUT2D eigenvalue weighted by molar-refractivity contribution is -0.384. The van der Waals surface area contributed by atoms with Crippen molar-refractivity contribution in [2.75, 3.05) is 13.2 Å². The van der Waals surface area contributed by atoms with Crippen LogP contribution in [0.15, 0.2) is 18.2 Å². The molecule has 2 unspecified atom stereocenters. The van der Waals surface area contributed by atoms with E-state index in [1.165, 1.54) is 23.1 Å². The molecule has 0 aliphatic carbocycles. The van der Waals surface area contributed by atoms with Crippen LogP contribution in [-0.4, -0.2) is 40.0 Å². The lowest BCUT2D eigenvalue weighted by atomic mass is 10.0. The summed E-state index contributed by atoms with van der Waals surface area (Å²) in [6.07, 6.45) is 0.795. The van der Waals surface area contributed by atoms with Crippen LogP contribution in [0.3, 0.4) is 0 Å². The van der Waals surface area contributed by atoms with Gasteiger partial charge in [0, 0.05) is 12.6 Å². The average molecular weight is 299 g/mol. The molecule has 1 saturated heterocycles. The second-order valence-corrected chi connectivity index (χ2v) is 5.29. The highest BCUT2D eigenvalue weighted by molar-refractivity contribution is 6.35. The van der Waals surface area contributed by atoms with E-state index in [1.54, 1.807) is 0 Å². The quantitative estimate of drug-likeness (QED) is 0.684. The maximum Gasteiger partial charge on any atom is 0.288 e. The second-order valence-electron chi connectivity index (χ2n) is 4.91. The number of halogens is 1. The van der Waals surface area contributed by atoms with Crippen molar-refractivity contribution in [1.29, 1.82) is 0 Å². The molecular weight excluding hydrogens is 284 g/mol. The molecule has 1 amide bonds. The summed E-state index contributed by atoms with van der Waals surface area (Å²) in [5, 5.41) is 20.1. The van der Waals surface area contributed by atoms with Crippen molar-refractivity contribution in [3.63, 3.8) is 0 Å². The minimum absolute atomic E-state index is 0.105. The van der Waals surface area contributed by atoms with Crippen molar-refractivity contribution in [1.82, 2.24) is 4.90 Å². The van der Waals surface area contributed by atoms with Crippen molar-refractivity contribution in [3.8, 4) is 0 Å². The molecular formula is C13H15ClN2O4. The maximum absolute atomic E-state index is 12.5. The summed E-state index contributed by atoms with van der Waals surface area (Å²) >= 11 is 5.95. The van der Waals surface area contributed by atoms with E-state index in [4.69, 9.17) is 11.6 Å². The van der Waals surface area contributed by atoms with Gasteiger partial charge in [-0.25, -0.2) is 0 Å². The number of aliphatic hydroxyl groups excluding tert-OH is 1. The Labute approximate surface area is 121 Å². The van der Waals surface area contributed by atoms with E-state index in [2.05, 4.69) is 0 Å². The molecule has 7 heteroatoms. The van der Waals surface area contributed by atoms with Gasteiger partial charge in [-0.05, 0) is 18.4 Å². The zero-order valence-electron chi connectivity index (χ0n) is 11.0. The summed E-state index contributed by atoms with van der Waals surface area (Å²) in [4.78, 5) is 24.2. The predicted molar refractivity (Wildman–Crippen MR) is 73.8 cm³/mol. The molecule has 1 aromatic rings. The molecule has 1 N–H and O–H groups in total. The van der Waals surface area contributed by atoms with E-state index < -0.39 is 4.92 Å². The number of carbonyl (C=O) groups is 1. The maximum atomic E-state index is 12.5. The number of hydrogen-bond donors (Lipinski definition) is 1. The van der Waals surface area contributed by atoms with E-state index >= 15 is 0 Å². The SMILES string of the molecule is CC1CCN(C(=O)c2cccc([N+](=O)[O-])c2Cl)C1CO. The van der Waals surface area contributed by atoms with Crippen LogP contribution in [0.1, 0.15) is 23.7 Å². The fourth-order valence-electron chi connectivity index (χ4n) is 2.52. The Balaban J connectivity index is 2.35. The van der Waals surface area contributed by atoms with Crippen molar-refractivity contribution >= 4 is 23.2 Å². The van der Waals surface area contributed by atoms with E-state index in [1.807, 2.05) is 6.92 Å². The Bertz CT molecular complexity index is 549. The zero-order chi connectivity index (χ0) is 14.9. The number of rotatable bonds is 3. The number of hydrogen-bond acceptors (Lipinski definition) is 4. The fraction of sp³-hybridized carbons (Fsp3) is 0.462. The fourth-order valence-corrected chi connectivity index (χ4v) is 2.80. The predicted octanol–water partition coefficient (Wildman–Crippen LogP) is 2.09. The van der Waals surface area contributed by atoms with Crippen LogP contribution in [0.2, 0.25) is 5.02 Å². The number of nitro groups is 1. The topological polar surface area (TPSA) is 83.7 Å². The molecule has 1 heterocycles. The number of amides is 1. The second kappa shape index (κ2) is 5.76. The van der Waals surface area contributed by atoms with E-state index in [0.717, 1.165) is 6.42 Å². The summed E-state index contributed by atoms with van der Waals surface area (Å²) in [6.45, 7) is 2.35. The average Bonchev–Trinajstić information content (AvgIpc) is 2.79. The summed E-state index contributed by atoms with van der Waals surface area (Å²) < 4.78 is 0. The lowest BCUT2D eigenvalue weighted by Gasteiger charge is -2.25. The first-order valence-electron chi connectivity index (χ1n) is 6.32. The lowest BCUT2D eigenvalue weighted by Crippen LogP contribution is -2.40. The van der Waals surface area contributed by atoms with Crippen LogP contribution in [0.4, 0.5) is 5.69 Å². The van der Waals surface area contributed by atoms with Crippen molar-refractivity contribution in [2.45, 2.75) is 19.4 Å². The molecule has 0 radical (unpaired) electrons. The minimum Gasteiger partial charge on any atom is -0.394 e. The number of nitro benzene ring substituents is 1. The first-order chi connectivity index (χ1) is 9.47. The number of aliphatic hydroxyl groups is 1. The smallest absolute Gasteiger partial charge is 0.288 e. The molecule has 1 fully saturated rings. The molecule has 0 spiro atoms. The highest BCUT2D eigenvalue weighted by Gasteiger charge is 2.35. The van der Waals surface area contributed by atoms with Gasteiger partial charge in [0.25, 0.3) is 11.6 Å². The number of benzene rings is 1. The molecule has 1 aliphatic heterocycles. The normalized spacial score (nSPS) is 22.1. The molecule has 0 bridgehead atoms. The minimum atomic E-state index is -0.616. The van der Waals surface area contributed by atoms with Crippen molar-refractivity contribution in [2.24, 2.45) is 5.92 Å². The largest absolute Gasteiger partial charge is 0.394 e. The molecule has 2 rings (SSSR count). The number of nitrogens with zero attached hydrogens (tertiary/aromatic N) is 2. The van der Waals surface area contributed by atoms with Crippen LogP contribution in [0.25, 0.3) is 0 Å². The standard InChI is InChI=1S/C13H15ClN2O4/c1-8-5-6-15(11(8)7-17)13(18)9-3-2-4-10(12(9)14)16(19)20/h2-4,8,11,17H,5-7H2,1H3. The van der Waals surface area contributed by atoms with Gasteiger partial charge in [-0.2, -0.15) is 0 Å². The third-order valence-corrected chi connectivity index (χ3v) is 4.13. The Kier molecular flexibility index (Phi) is 4.25. The van der Waals surface area contributed by atoms with Gasteiger partial charge in [-0.15, -0.1) is 0 Å². The van der Waals surface area contributed by atoms with Gasteiger partial charge in [0.2, 0.25) is 0 Å². The highest BCUT2D eigenvalue weighted by atomic mass is 35.5. The van der Waals surface area contributed by atoms with Crippen LogP contribution in [-0.2, 0) is 0 Å². The summed E-state index contributed by atoms with van der Waals surface area (Å²) in [5.74, 6) is -0.177. The van der Waals surface area contributed by atoms with Gasteiger partial charge in [0.15, 0.2) is 0 Å². The van der Waals surface area contributed by atoms with Crippen LogP contribution in [0.5, 0.6) is 0 Å². The van der Waals surface area contributed by atoms with Gasteiger partial charge < -0.3 is 10.0 Å². The number of likely N-dealkylation sites (tertiary alicyclic amines) is 1. The Morgan fingerprint density at radius 3 is 2.90 bits per heavy atom. The van der Waals surface area contributed by atoms with Gasteiger partial charge in [0.1, 0.15) is 5.02 Å². The van der Waals surface area contributed by atoms with Gasteiger partial charge in [-0.3, -0.25) is 14.9 Å². The molecule has 6 nitrogen and oxygen atoms in total. The third-order valence-electron chi connectivity index (χ3n) is 3.74. The summed E-state index contributed by atoms with van der Waals surface area (Å²) in [7, 11) is 0. The molecule has 1 aliphatic rings. The van der Waals surface area contributed by atoms with Crippen molar-refractivity contribution in [3.05, 3.63) is 38.9 Å². The first kappa shape index (κ1) is 14.7. The molecule has 2 atom stereocenters. The third kappa shape index (κ3) is 2.48. The van der Waals surface area contributed by atoms with Crippen LogP contribution in [0, 0.1) is 16.0 Å². The van der Waals surface area contributed by atoms with Crippen molar-refractivity contribution < 1.29 is 14.8 Å². The molecule has 1 aromatic carbocycles. The van der Waals surface area contributed by atoms with E-state index in [-0.39, 0.29) is 40.7 Å². The highest BCUT2D eigenvalue weighted by Crippen LogP contribution is 2.31. The molecule has 20 heavy (non-hydrogen) atoms. The van der Waals surface area contributed by atoms with Crippen LogP contribution >= 0.6 is 11.6 Å². The molecule has 0 saturated carbocycles. The Hall–Kier alpha value is -1.66. The summed E-state index contributed by atoms with van der Waals surface area (Å²) in [6, 6.07) is 3.90. The zero-order valence-corrected chi connectivity index (χ0v) is 11.7.